The molecule has 1 fully saturated rings. The lowest BCUT2D eigenvalue weighted by molar-refractivity contribution is -0.118. The van der Waals surface area contributed by atoms with Gasteiger partial charge < -0.3 is 11.1 Å². The summed E-state index contributed by atoms with van der Waals surface area (Å²) in [6.07, 6.45) is 2.39. The van der Waals surface area contributed by atoms with Crippen molar-refractivity contribution in [2.75, 3.05) is 12.3 Å². The standard InChI is InChI=1S/C13H20N4OS/c1-8-5-9(2)17-13(16-8)19-7-12(18)15-6-11(14)10-3-4-10/h5,10-11H,3-4,6-7,14H2,1-2H3,(H,15,18). The first-order valence-corrected chi connectivity index (χ1v) is 7.50. The van der Waals surface area contributed by atoms with E-state index in [1.54, 1.807) is 0 Å². The Morgan fingerprint density at radius 2 is 2.11 bits per heavy atom. The molecule has 1 aromatic heterocycles. The molecule has 104 valence electrons. The molecule has 0 aliphatic heterocycles. The third kappa shape index (κ3) is 4.80. The van der Waals surface area contributed by atoms with E-state index in [1.165, 1.54) is 24.6 Å². The molecular formula is C13H20N4OS. The molecule has 1 aliphatic carbocycles. The summed E-state index contributed by atoms with van der Waals surface area (Å²) < 4.78 is 0. The monoisotopic (exact) mass is 280 g/mol. The average Bonchev–Trinajstić information content (AvgIpc) is 3.16. The second kappa shape index (κ2) is 6.34. The number of hydrogen-bond donors (Lipinski definition) is 2. The Labute approximate surface area is 117 Å². The summed E-state index contributed by atoms with van der Waals surface area (Å²) in [4.78, 5) is 20.3. The number of carbonyl (C=O) groups excluding carboxylic acids is 1. The molecule has 1 heterocycles. The highest BCUT2D eigenvalue weighted by molar-refractivity contribution is 7.99. The summed E-state index contributed by atoms with van der Waals surface area (Å²) >= 11 is 1.36. The van der Waals surface area contributed by atoms with E-state index in [-0.39, 0.29) is 11.9 Å². The number of nitrogens with zero attached hydrogens (tertiary/aromatic N) is 2. The van der Waals surface area contributed by atoms with E-state index in [1.807, 2.05) is 19.9 Å². The molecule has 6 heteroatoms. The number of aryl methyl sites for hydroxylation is 2. The van der Waals surface area contributed by atoms with Crippen LogP contribution >= 0.6 is 11.8 Å². The molecule has 1 saturated carbocycles. The normalized spacial score (nSPS) is 16.2. The van der Waals surface area contributed by atoms with Gasteiger partial charge in [0, 0.05) is 24.0 Å². The first-order chi connectivity index (χ1) is 9.04. The average molecular weight is 280 g/mol. The molecule has 0 aromatic carbocycles. The molecule has 1 atom stereocenters. The van der Waals surface area contributed by atoms with Crippen LogP contribution in [-0.4, -0.2) is 34.2 Å². The SMILES string of the molecule is Cc1cc(C)nc(SCC(=O)NCC(N)C2CC2)n1. The van der Waals surface area contributed by atoms with Crippen molar-refractivity contribution in [3.05, 3.63) is 17.5 Å². The van der Waals surface area contributed by atoms with Crippen LogP contribution in [-0.2, 0) is 4.79 Å². The summed E-state index contributed by atoms with van der Waals surface area (Å²) in [6.45, 7) is 4.42. The van der Waals surface area contributed by atoms with Crippen LogP contribution in [0, 0.1) is 19.8 Å². The summed E-state index contributed by atoms with van der Waals surface area (Å²) in [7, 11) is 0. The van der Waals surface area contributed by atoms with Crippen LogP contribution < -0.4 is 11.1 Å². The summed E-state index contributed by atoms with van der Waals surface area (Å²) in [5.41, 5.74) is 7.77. The van der Waals surface area contributed by atoms with Crippen molar-refractivity contribution in [3.63, 3.8) is 0 Å². The maximum atomic E-state index is 11.7. The summed E-state index contributed by atoms with van der Waals surface area (Å²) in [5, 5.41) is 3.51. The fourth-order valence-corrected chi connectivity index (χ4v) is 2.64. The highest BCUT2D eigenvalue weighted by Gasteiger charge is 2.28. The fourth-order valence-electron chi connectivity index (χ4n) is 1.86. The zero-order valence-corrected chi connectivity index (χ0v) is 12.2. The minimum absolute atomic E-state index is 0.0103. The first-order valence-electron chi connectivity index (χ1n) is 6.52. The lowest BCUT2D eigenvalue weighted by Crippen LogP contribution is -2.39. The Morgan fingerprint density at radius 3 is 2.68 bits per heavy atom. The molecule has 0 spiro atoms. The molecule has 1 aromatic rings. The maximum absolute atomic E-state index is 11.7. The molecule has 5 nitrogen and oxygen atoms in total. The van der Waals surface area contributed by atoms with Crippen LogP contribution in [0.3, 0.4) is 0 Å². The van der Waals surface area contributed by atoms with E-state index >= 15 is 0 Å². The predicted molar refractivity (Wildman–Crippen MR) is 75.9 cm³/mol. The molecule has 0 saturated heterocycles. The topological polar surface area (TPSA) is 80.9 Å². The summed E-state index contributed by atoms with van der Waals surface area (Å²) in [5.74, 6) is 0.930. The van der Waals surface area contributed by atoms with E-state index in [0.29, 0.717) is 23.4 Å². The van der Waals surface area contributed by atoms with E-state index in [4.69, 9.17) is 5.73 Å². The first kappa shape index (κ1) is 14.3. The largest absolute Gasteiger partial charge is 0.354 e. The number of aromatic nitrogens is 2. The van der Waals surface area contributed by atoms with Gasteiger partial charge in [-0.15, -0.1) is 0 Å². The minimum Gasteiger partial charge on any atom is -0.354 e. The van der Waals surface area contributed by atoms with Crippen molar-refractivity contribution in [1.29, 1.82) is 0 Å². The summed E-state index contributed by atoms with van der Waals surface area (Å²) in [6, 6.07) is 2.02. The van der Waals surface area contributed by atoms with Crippen LogP contribution in [0.4, 0.5) is 0 Å². The van der Waals surface area contributed by atoms with Gasteiger partial charge in [-0.3, -0.25) is 4.79 Å². The van der Waals surface area contributed by atoms with Crippen molar-refractivity contribution in [1.82, 2.24) is 15.3 Å². The van der Waals surface area contributed by atoms with Crippen LogP contribution in [0.2, 0.25) is 0 Å². The van der Waals surface area contributed by atoms with Gasteiger partial charge in [-0.1, -0.05) is 11.8 Å². The van der Waals surface area contributed by atoms with E-state index < -0.39 is 0 Å². The molecule has 19 heavy (non-hydrogen) atoms. The Kier molecular flexibility index (Phi) is 4.76. The molecule has 2 rings (SSSR count). The lowest BCUT2D eigenvalue weighted by atomic mass is 10.2. The zero-order valence-electron chi connectivity index (χ0n) is 11.3. The lowest BCUT2D eigenvalue weighted by Gasteiger charge is -2.11. The molecular weight excluding hydrogens is 260 g/mol. The van der Waals surface area contributed by atoms with Gasteiger partial charge >= 0.3 is 0 Å². The number of hydrogen-bond acceptors (Lipinski definition) is 5. The molecule has 0 radical (unpaired) electrons. The molecule has 3 N–H and O–H groups in total. The van der Waals surface area contributed by atoms with Gasteiger partial charge in [-0.2, -0.15) is 0 Å². The van der Waals surface area contributed by atoms with Gasteiger partial charge in [0.1, 0.15) is 0 Å². The van der Waals surface area contributed by atoms with Gasteiger partial charge in [0.2, 0.25) is 5.91 Å². The van der Waals surface area contributed by atoms with Crippen LogP contribution in [0.15, 0.2) is 11.2 Å². The van der Waals surface area contributed by atoms with Gasteiger partial charge in [-0.25, -0.2) is 9.97 Å². The number of nitrogens with two attached hydrogens (primary N) is 1. The van der Waals surface area contributed by atoms with E-state index in [0.717, 1.165) is 11.4 Å². The number of nitrogens with one attached hydrogen (secondary N) is 1. The predicted octanol–water partition coefficient (Wildman–Crippen LogP) is 1.04. The van der Waals surface area contributed by atoms with Crippen LogP contribution in [0.5, 0.6) is 0 Å². The van der Waals surface area contributed by atoms with Gasteiger partial charge in [-0.05, 0) is 38.7 Å². The molecule has 1 amide bonds. The minimum atomic E-state index is -0.0103. The number of thioether (sulfide) groups is 1. The number of amides is 1. The van der Waals surface area contributed by atoms with Crippen molar-refractivity contribution in [2.24, 2.45) is 11.7 Å². The van der Waals surface area contributed by atoms with E-state index in [2.05, 4.69) is 15.3 Å². The van der Waals surface area contributed by atoms with Crippen molar-refractivity contribution < 1.29 is 4.79 Å². The number of rotatable bonds is 6. The Morgan fingerprint density at radius 1 is 1.47 bits per heavy atom. The van der Waals surface area contributed by atoms with Crippen molar-refractivity contribution in [2.45, 2.75) is 37.9 Å². The van der Waals surface area contributed by atoms with Gasteiger partial charge in [0.05, 0.1) is 5.75 Å². The number of carbonyl (C=O) groups is 1. The second-order valence-corrected chi connectivity index (χ2v) is 5.97. The van der Waals surface area contributed by atoms with Crippen LogP contribution in [0.25, 0.3) is 0 Å². The van der Waals surface area contributed by atoms with E-state index in [9.17, 15) is 4.79 Å². The van der Waals surface area contributed by atoms with Crippen LogP contribution in [0.1, 0.15) is 24.2 Å². The molecule has 0 bridgehead atoms. The zero-order chi connectivity index (χ0) is 13.8. The quantitative estimate of drug-likeness (QED) is 0.601. The third-order valence-electron chi connectivity index (χ3n) is 3.06. The fraction of sp³-hybridized carbons (Fsp3) is 0.615. The Bertz CT molecular complexity index is 442. The Balaban J connectivity index is 1.73. The maximum Gasteiger partial charge on any atom is 0.230 e. The van der Waals surface area contributed by atoms with Crippen molar-refractivity contribution >= 4 is 17.7 Å². The smallest absolute Gasteiger partial charge is 0.230 e. The third-order valence-corrected chi connectivity index (χ3v) is 3.90. The highest BCUT2D eigenvalue weighted by atomic mass is 32.2. The highest BCUT2D eigenvalue weighted by Crippen LogP contribution is 2.31. The van der Waals surface area contributed by atoms with Gasteiger partial charge in [0.25, 0.3) is 0 Å². The van der Waals surface area contributed by atoms with Gasteiger partial charge in [0.15, 0.2) is 5.16 Å². The van der Waals surface area contributed by atoms with Crippen molar-refractivity contribution in [3.8, 4) is 0 Å². The molecule has 1 aliphatic rings. The molecule has 1 unspecified atom stereocenters. The second-order valence-electron chi connectivity index (χ2n) is 5.03. The Hall–Kier alpha value is -1.14.